The summed E-state index contributed by atoms with van der Waals surface area (Å²) in [5.41, 5.74) is 1.46. The summed E-state index contributed by atoms with van der Waals surface area (Å²) in [6.07, 6.45) is -0.157. The van der Waals surface area contributed by atoms with Gasteiger partial charge in [0.05, 0.1) is 46.0 Å². The van der Waals surface area contributed by atoms with Gasteiger partial charge in [-0.2, -0.15) is 15.2 Å². The molecule has 54 heavy (non-hydrogen) atoms. The molecule has 0 aliphatic carbocycles. The fraction of sp³-hybridized carbons (Fsp3) is 0.500. The molecular formula is C38H42ClFN6O7S. The normalized spacial score (nSPS) is 18.8. The van der Waals surface area contributed by atoms with E-state index in [1.54, 1.807) is 38.7 Å². The number of nitrogens with one attached hydrogen (secondary N) is 1. The fourth-order valence-electron chi connectivity index (χ4n) is 7.43. The molecule has 0 saturated carbocycles. The predicted molar refractivity (Wildman–Crippen MR) is 203 cm³/mol. The Bertz CT molecular complexity index is 2210. The summed E-state index contributed by atoms with van der Waals surface area (Å²) in [5, 5.41) is 24.2. The maximum absolute atomic E-state index is 15.6. The molecule has 0 spiro atoms. The number of hydrogen-bond donors (Lipinski definition) is 2. The number of amides is 2. The predicted octanol–water partition coefficient (Wildman–Crippen LogP) is 7.90. The van der Waals surface area contributed by atoms with Crippen molar-refractivity contribution in [3.8, 4) is 23.2 Å². The van der Waals surface area contributed by atoms with Gasteiger partial charge in [0.2, 0.25) is 0 Å². The molecule has 2 saturated heterocycles. The third-order valence-electron chi connectivity index (χ3n) is 9.49. The van der Waals surface area contributed by atoms with Gasteiger partial charge in [-0.15, -0.1) is 11.3 Å². The molecule has 13 nitrogen and oxygen atoms in total. The molecule has 4 aromatic rings. The number of nitriles is 1. The number of benzene rings is 2. The molecule has 2 aromatic carbocycles. The summed E-state index contributed by atoms with van der Waals surface area (Å²) in [4.78, 5) is 39.6. The first-order valence-corrected chi connectivity index (χ1v) is 19.0. The number of aliphatic hydroxyl groups is 1. The molecule has 3 aliphatic heterocycles. The number of aromatic nitrogens is 2. The second kappa shape index (κ2) is 14.0. The van der Waals surface area contributed by atoms with E-state index in [-0.39, 0.29) is 69.7 Å². The van der Waals surface area contributed by atoms with E-state index < -0.39 is 29.2 Å². The smallest absolute Gasteiger partial charge is 0.412 e. The number of hydrogen-bond acceptors (Lipinski definition) is 12. The number of fused-ring (bicyclic) bond motifs is 6. The van der Waals surface area contributed by atoms with Crippen molar-refractivity contribution in [2.45, 2.75) is 104 Å². The van der Waals surface area contributed by atoms with Gasteiger partial charge >= 0.3 is 18.2 Å². The van der Waals surface area contributed by atoms with Crippen molar-refractivity contribution < 1.29 is 38.0 Å². The molecule has 16 heteroatoms. The average Bonchev–Trinajstić information content (AvgIpc) is 3.77. The summed E-state index contributed by atoms with van der Waals surface area (Å²) >= 11 is 8.36. The van der Waals surface area contributed by atoms with Crippen LogP contribution in [-0.2, 0) is 27.4 Å². The van der Waals surface area contributed by atoms with Gasteiger partial charge in [-0.3, -0.25) is 5.32 Å². The zero-order valence-electron chi connectivity index (χ0n) is 31.1. The van der Waals surface area contributed by atoms with Gasteiger partial charge in [-0.05, 0) is 84.1 Å². The van der Waals surface area contributed by atoms with Crippen LogP contribution in [0.15, 0.2) is 12.1 Å². The first-order chi connectivity index (χ1) is 25.5. The van der Waals surface area contributed by atoms with Crippen molar-refractivity contribution in [1.29, 1.82) is 5.26 Å². The molecule has 0 radical (unpaired) electrons. The second-order valence-corrected chi connectivity index (χ2v) is 17.2. The molecule has 3 atom stereocenters. The van der Waals surface area contributed by atoms with Crippen LogP contribution in [0, 0.1) is 17.1 Å². The highest BCUT2D eigenvalue weighted by molar-refractivity contribution is 7.23. The first kappa shape index (κ1) is 37.8. The summed E-state index contributed by atoms with van der Waals surface area (Å²) in [6.45, 7) is 13.3. The summed E-state index contributed by atoms with van der Waals surface area (Å²) in [7, 11) is 0. The minimum Gasteiger partial charge on any atom is -0.458 e. The van der Waals surface area contributed by atoms with Crippen LogP contribution in [-0.4, -0.2) is 81.2 Å². The van der Waals surface area contributed by atoms with Crippen molar-refractivity contribution in [2.75, 3.05) is 29.9 Å². The Hall–Kier alpha value is -4.49. The van der Waals surface area contributed by atoms with Gasteiger partial charge in [-0.1, -0.05) is 17.7 Å². The van der Waals surface area contributed by atoms with Crippen molar-refractivity contribution >= 4 is 66.9 Å². The molecule has 2 amide bonds. The number of rotatable bonds is 6. The number of thiophene rings is 1. The van der Waals surface area contributed by atoms with Crippen LogP contribution in [0.2, 0.25) is 5.02 Å². The molecule has 286 valence electrons. The largest absolute Gasteiger partial charge is 0.458 e. The van der Waals surface area contributed by atoms with Crippen LogP contribution in [0.5, 0.6) is 6.01 Å². The molecule has 2 bridgehead atoms. The van der Waals surface area contributed by atoms with E-state index in [0.717, 1.165) is 35.3 Å². The quantitative estimate of drug-likeness (QED) is 0.196. The Balaban J connectivity index is 1.41. The molecule has 2 fully saturated rings. The third kappa shape index (κ3) is 6.96. The van der Waals surface area contributed by atoms with Gasteiger partial charge in [0.15, 0.2) is 0 Å². The average molecular weight is 781 g/mol. The second-order valence-electron chi connectivity index (χ2n) is 15.8. The summed E-state index contributed by atoms with van der Waals surface area (Å²) in [5.74, 6) is 0.00427. The van der Waals surface area contributed by atoms with Crippen LogP contribution >= 0.6 is 22.9 Å². The van der Waals surface area contributed by atoms with Gasteiger partial charge in [0.1, 0.15) is 40.0 Å². The van der Waals surface area contributed by atoms with Crippen LogP contribution in [0.4, 0.5) is 24.8 Å². The standard InChI is InChI=1S/C38H42ClFN6O7S/c1-18(15-47)51-34-42-30-28(32(43-34)46-19-8-9-20(46)14-45(13-19)36(49)53-38(5,6)7)24-17-50-16-23(24)26(29(30)39)21-10-11-25(40)31-27(21)22(12-41)33(54-31)44-35(48)52-37(2,3)4/h10-11,18-20,47H,8-9,13-17H2,1-7H3,(H,44,48)/t18-,19?,20?/m0/s1. The van der Waals surface area contributed by atoms with Gasteiger partial charge in [0.25, 0.3) is 0 Å². The monoisotopic (exact) mass is 780 g/mol. The van der Waals surface area contributed by atoms with E-state index in [9.17, 15) is 20.0 Å². The van der Waals surface area contributed by atoms with E-state index in [2.05, 4.69) is 16.3 Å². The number of likely N-dealkylation sites (tertiary alicyclic amines) is 1. The van der Waals surface area contributed by atoms with Gasteiger partial charge < -0.3 is 33.9 Å². The first-order valence-electron chi connectivity index (χ1n) is 17.8. The minimum absolute atomic E-state index is 0.00100. The number of carbonyl (C=O) groups excluding carboxylic acids is 2. The maximum Gasteiger partial charge on any atom is 0.412 e. The molecule has 2 N–H and O–H groups in total. The zero-order chi connectivity index (χ0) is 38.9. The molecule has 5 heterocycles. The van der Waals surface area contributed by atoms with E-state index in [0.29, 0.717) is 40.9 Å². The third-order valence-corrected chi connectivity index (χ3v) is 11.0. The number of ether oxygens (including phenoxy) is 4. The number of nitrogens with zero attached hydrogens (tertiary/aromatic N) is 5. The topological polar surface area (TPSA) is 159 Å². The highest BCUT2D eigenvalue weighted by Gasteiger charge is 2.45. The fourth-order valence-corrected chi connectivity index (χ4v) is 8.85. The summed E-state index contributed by atoms with van der Waals surface area (Å²) in [6, 6.07) is 4.85. The van der Waals surface area contributed by atoms with E-state index >= 15 is 4.39 Å². The van der Waals surface area contributed by atoms with Crippen molar-refractivity contribution in [3.63, 3.8) is 0 Å². The van der Waals surface area contributed by atoms with E-state index in [1.165, 1.54) is 6.07 Å². The lowest BCUT2D eigenvalue weighted by Gasteiger charge is -2.42. The van der Waals surface area contributed by atoms with Crippen LogP contribution < -0.4 is 15.0 Å². The minimum atomic E-state index is -0.799. The Kier molecular flexibility index (Phi) is 9.79. The molecule has 3 aliphatic rings. The lowest BCUT2D eigenvalue weighted by Crippen LogP contribution is -2.56. The zero-order valence-corrected chi connectivity index (χ0v) is 32.7. The van der Waals surface area contributed by atoms with Crippen molar-refractivity contribution in [3.05, 3.63) is 39.7 Å². The van der Waals surface area contributed by atoms with Gasteiger partial charge in [0, 0.05) is 36.1 Å². The van der Waals surface area contributed by atoms with Crippen LogP contribution in [0.25, 0.3) is 32.1 Å². The molecule has 7 rings (SSSR count). The van der Waals surface area contributed by atoms with Gasteiger partial charge in [-0.25, -0.2) is 14.0 Å². The number of aliphatic hydroxyl groups excluding tert-OH is 1. The molecule has 2 aromatic heterocycles. The van der Waals surface area contributed by atoms with Crippen LogP contribution in [0.3, 0.4) is 0 Å². The molecule has 2 unspecified atom stereocenters. The number of anilines is 2. The number of carbonyl (C=O) groups is 2. The van der Waals surface area contributed by atoms with Crippen LogP contribution in [0.1, 0.15) is 78.0 Å². The lowest BCUT2D eigenvalue weighted by atomic mass is 9.90. The number of piperazine rings is 1. The summed E-state index contributed by atoms with van der Waals surface area (Å²) < 4.78 is 38.9. The highest BCUT2D eigenvalue weighted by atomic mass is 35.5. The Morgan fingerprint density at radius 3 is 2.39 bits per heavy atom. The maximum atomic E-state index is 15.6. The Morgan fingerprint density at radius 1 is 1.09 bits per heavy atom. The lowest BCUT2D eigenvalue weighted by molar-refractivity contribution is 0.0209. The van der Waals surface area contributed by atoms with Crippen molar-refractivity contribution in [1.82, 2.24) is 14.9 Å². The van der Waals surface area contributed by atoms with Crippen molar-refractivity contribution in [2.24, 2.45) is 0 Å². The Labute approximate surface area is 320 Å². The Morgan fingerprint density at radius 2 is 1.76 bits per heavy atom. The molecular weight excluding hydrogens is 739 g/mol. The van der Waals surface area contributed by atoms with E-state index in [1.807, 2.05) is 20.8 Å². The highest BCUT2D eigenvalue weighted by Crippen LogP contribution is 2.51. The SMILES string of the molecule is C[C@@H](CO)Oc1nc(N2C3CCC2CN(C(=O)OC(C)(C)C)C3)c2c3c(c(-c4ccc(F)c5sc(NC(=O)OC(C)(C)C)c(C#N)c45)c(Cl)c2n1)COC3. The number of halogens is 2. The van der Waals surface area contributed by atoms with E-state index in [4.69, 9.17) is 40.5 Å².